The van der Waals surface area contributed by atoms with Gasteiger partial charge in [-0.15, -0.1) is 0 Å². The quantitative estimate of drug-likeness (QED) is 0.526. The molecule has 7 nitrogen and oxygen atoms in total. The molecule has 1 unspecified atom stereocenters. The van der Waals surface area contributed by atoms with Gasteiger partial charge in [-0.05, 0) is 49.4 Å². The highest BCUT2D eigenvalue weighted by atomic mass is 16.5. The van der Waals surface area contributed by atoms with E-state index in [1.54, 1.807) is 20.8 Å². The van der Waals surface area contributed by atoms with Crippen molar-refractivity contribution in [1.29, 1.82) is 0 Å². The number of nitrogens with one attached hydrogen (secondary N) is 2. The van der Waals surface area contributed by atoms with Crippen molar-refractivity contribution in [2.24, 2.45) is 5.41 Å². The fourth-order valence-corrected chi connectivity index (χ4v) is 4.16. The Kier molecular flexibility index (Phi) is 7.10. The number of carboxylic acid groups (broad SMARTS) is 1. The Labute approximate surface area is 194 Å². The first-order valence-corrected chi connectivity index (χ1v) is 11.2. The van der Waals surface area contributed by atoms with E-state index in [9.17, 15) is 14.4 Å². The van der Waals surface area contributed by atoms with Crippen LogP contribution in [0.4, 0.5) is 4.79 Å². The zero-order valence-electron chi connectivity index (χ0n) is 19.6. The fourth-order valence-electron chi connectivity index (χ4n) is 4.16. The number of carboxylic acids is 1. The van der Waals surface area contributed by atoms with Crippen LogP contribution in [0.5, 0.6) is 0 Å². The van der Waals surface area contributed by atoms with Crippen molar-refractivity contribution in [1.82, 2.24) is 10.6 Å². The standard InChI is InChI=1S/C26H32N2O5/c1-5-26(4,23(31)28-25(2,3)14-22(29)30)16-27-24(32)33-15-21-19-12-8-6-10-17(19)18-11-7-9-13-20(18)21/h6-13,21H,5,14-16H2,1-4H3,(H,27,32)(H,28,31)(H,29,30). The molecule has 3 N–H and O–H groups in total. The zero-order chi connectivity index (χ0) is 24.2. The van der Waals surface area contributed by atoms with Crippen molar-refractivity contribution < 1.29 is 24.2 Å². The minimum atomic E-state index is -0.990. The highest BCUT2D eigenvalue weighted by Gasteiger charge is 2.36. The van der Waals surface area contributed by atoms with Crippen LogP contribution in [0, 0.1) is 5.41 Å². The number of fused-ring (bicyclic) bond motifs is 3. The highest BCUT2D eigenvalue weighted by Crippen LogP contribution is 2.44. The van der Waals surface area contributed by atoms with E-state index >= 15 is 0 Å². The van der Waals surface area contributed by atoms with E-state index < -0.39 is 23.0 Å². The summed E-state index contributed by atoms with van der Waals surface area (Å²) in [5.74, 6) is -1.34. The predicted octanol–water partition coefficient (Wildman–Crippen LogP) is 4.31. The van der Waals surface area contributed by atoms with Gasteiger partial charge in [0.05, 0.1) is 11.8 Å². The van der Waals surface area contributed by atoms with Crippen molar-refractivity contribution in [3.8, 4) is 11.1 Å². The van der Waals surface area contributed by atoms with Gasteiger partial charge in [-0.25, -0.2) is 4.79 Å². The van der Waals surface area contributed by atoms with Gasteiger partial charge in [0.15, 0.2) is 0 Å². The second kappa shape index (κ2) is 9.65. The number of ether oxygens (including phenoxy) is 1. The van der Waals surface area contributed by atoms with Crippen molar-refractivity contribution in [3.05, 3.63) is 59.7 Å². The molecule has 0 heterocycles. The number of hydrogen-bond donors (Lipinski definition) is 3. The third-order valence-electron chi connectivity index (χ3n) is 6.34. The molecule has 0 saturated heterocycles. The molecule has 0 saturated carbocycles. The molecule has 0 aromatic heterocycles. The molecule has 0 spiro atoms. The molecule has 0 fully saturated rings. The molecule has 1 aliphatic rings. The van der Waals surface area contributed by atoms with Gasteiger partial charge in [0, 0.05) is 18.0 Å². The molecule has 176 valence electrons. The van der Waals surface area contributed by atoms with Gasteiger partial charge < -0.3 is 20.5 Å². The van der Waals surface area contributed by atoms with E-state index in [2.05, 4.69) is 34.9 Å². The Morgan fingerprint density at radius 3 is 2.03 bits per heavy atom. The van der Waals surface area contributed by atoms with Crippen LogP contribution in [-0.4, -0.2) is 41.8 Å². The lowest BCUT2D eigenvalue weighted by molar-refractivity contribution is -0.139. The van der Waals surface area contributed by atoms with Crippen LogP contribution in [0.25, 0.3) is 11.1 Å². The molecular weight excluding hydrogens is 420 g/mol. The lowest BCUT2D eigenvalue weighted by atomic mass is 9.85. The topological polar surface area (TPSA) is 105 Å². The summed E-state index contributed by atoms with van der Waals surface area (Å²) in [6.07, 6.45) is -0.321. The third-order valence-corrected chi connectivity index (χ3v) is 6.34. The molecule has 0 aliphatic heterocycles. The first-order valence-electron chi connectivity index (χ1n) is 11.2. The summed E-state index contributed by atoms with van der Waals surface area (Å²) in [7, 11) is 0. The number of carbonyl (C=O) groups excluding carboxylic acids is 2. The third kappa shape index (κ3) is 5.53. The SMILES string of the molecule is CCC(C)(CNC(=O)OCC1c2ccccc2-c2ccccc21)C(=O)NC(C)(C)CC(=O)O. The van der Waals surface area contributed by atoms with Gasteiger partial charge in [0.2, 0.25) is 5.91 Å². The molecule has 2 aromatic rings. The smallest absolute Gasteiger partial charge is 0.407 e. The van der Waals surface area contributed by atoms with Gasteiger partial charge in [-0.3, -0.25) is 9.59 Å². The van der Waals surface area contributed by atoms with Crippen molar-refractivity contribution in [2.75, 3.05) is 13.2 Å². The number of amides is 2. The van der Waals surface area contributed by atoms with E-state index in [1.807, 2.05) is 31.2 Å². The summed E-state index contributed by atoms with van der Waals surface area (Å²) in [4.78, 5) is 36.4. The number of alkyl carbamates (subject to hydrolysis) is 1. The minimum Gasteiger partial charge on any atom is -0.481 e. The Bertz CT molecular complexity index is 1000. The van der Waals surface area contributed by atoms with Gasteiger partial charge >= 0.3 is 12.1 Å². The summed E-state index contributed by atoms with van der Waals surface area (Å²) in [5, 5.41) is 14.5. The number of hydrogen-bond acceptors (Lipinski definition) is 4. The van der Waals surface area contributed by atoms with Crippen LogP contribution < -0.4 is 10.6 Å². The molecule has 2 aromatic carbocycles. The van der Waals surface area contributed by atoms with E-state index in [-0.39, 0.29) is 31.4 Å². The second-order valence-corrected chi connectivity index (χ2v) is 9.50. The first-order chi connectivity index (χ1) is 15.6. The van der Waals surface area contributed by atoms with E-state index in [1.165, 1.54) is 0 Å². The molecular formula is C26H32N2O5. The van der Waals surface area contributed by atoms with Crippen LogP contribution in [0.15, 0.2) is 48.5 Å². The number of carbonyl (C=O) groups is 3. The predicted molar refractivity (Wildman–Crippen MR) is 126 cm³/mol. The number of rotatable bonds is 9. The highest BCUT2D eigenvalue weighted by molar-refractivity contribution is 5.84. The van der Waals surface area contributed by atoms with Gasteiger partial charge in [0.1, 0.15) is 6.61 Å². The summed E-state index contributed by atoms with van der Waals surface area (Å²) in [6.45, 7) is 7.18. The van der Waals surface area contributed by atoms with Crippen LogP contribution >= 0.6 is 0 Å². The summed E-state index contributed by atoms with van der Waals surface area (Å²) >= 11 is 0. The van der Waals surface area contributed by atoms with Crippen molar-refractivity contribution in [2.45, 2.75) is 52.0 Å². The van der Waals surface area contributed by atoms with Crippen LogP contribution in [0.1, 0.15) is 57.6 Å². The molecule has 1 atom stereocenters. The summed E-state index contributed by atoms with van der Waals surface area (Å²) in [5.41, 5.74) is 2.77. The fraction of sp³-hybridized carbons (Fsp3) is 0.423. The van der Waals surface area contributed by atoms with Crippen LogP contribution in [0.2, 0.25) is 0 Å². The van der Waals surface area contributed by atoms with Crippen LogP contribution in [-0.2, 0) is 14.3 Å². The minimum absolute atomic E-state index is 0.0409. The molecule has 1 aliphatic carbocycles. The summed E-state index contributed by atoms with van der Waals surface area (Å²) in [6, 6.07) is 16.2. The molecule has 0 bridgehead atoms. The average Bonchev–Trinajstić information content (AvgIpc) is 3.08. The lowest BCUT2D eigenvalue weighted by Gasteiger charge is -2.33. The molecule has 7 heteroatoms. The number of aliphatic carboxylic acids is 1. The average molecular weight is 453 g/mol. The lowest BCUT2D eigenvalue weighted by Crippen LogP contribution is -2.53. The molecule has 3 rings (SSSR count). The molecule has 33 heavy (non-hydrogen) atoms. The second-order valence-electron chi connectivity index (χ2n) is 9.50. The Balaban J connectivity index is 1.60. The molecule has 2 amide bonds. The van der Waals surface area contributed by atoms with E-state index in [4.69, 9.17) is 9.84 Å². The van der Waals surface area contributed by atoms with Gasteiger partial charge in [0.25, 0.3) is 0 Å². The van der Waals surface area contributed by atoms with Crippen LogP contribution in [0.3, 0.4) is 0 Å². The zero-order valence-corrected chi connectivity index (χ0v) is 19.6. The Morgan fingerprint density at radius 1 is 0.970 bits per heavy atom. The Hall–Kier alpha value is -3.35. The normalized spacial score (nSPS) is 14.5. The van der Waals surface area contributed by atoms with Crippen molar-refractivity contribution in [3.63, 3.8) is 0 Å². The Morgan fingerprint density at radius 2 is 1.52 bits per heavy atom. The first kappa shape index (κ1) is 24.3. The van der Waals surface area contributed by atoms with E-state index in [0.717, 1.165) is 22.3 Å². The van der Waals surface area contributed by atoms with Gasteiger partial charge in [-0.1, -0.05) is 55.5 Å². The maximum absolute atomic E-state index is 12.9. The largest absolute Gasteiger partial charge is 0.481 e. The van der Waals surface area contributed by atoms with E-state index in [0.29, 0.717) is 6.42 Å². The number of benzene rings is 2. The van der Waals surface area contributed by atoms with Crippen molar-refractivity contribution >= 4 is 18.0 Å². The van der Waals surface area contributed by atoms with Gasteiger partial charge in [-0.2, -0.15) is 0 Å². The monoisotopic (exact) mass is 452 g/mol. The molecule has 0 radical (unpaired) electrons. The maximum atomic E-state index is 12.9. The maximum Gasteiger partial charge on any atom is 0.407 e. The summed E-state index contributed by atoms with van der Waals surface area (Å²) < 4.78 is 5.55.